The molecule has 100 valence electrons. The summed E-state index contributed by atoms with van der Waals surface area (Å²) in [4.78, 5) is 2.55. The maximum Gasteiger partial charge on any atom is 0.0991 e. The monoisotopic (exact) mass is 257 g/mol. The van der Waals surface area contributed by atoms with Gasteiger partial charge in [-0.15, -0.1) is 0 Å². The van der Waals surface area contributed by atoms with Gasteiger partial charge in [-0.1, -0.05) is 0 Å². The Kier molecular flexibility index (Phi) is 3.67. The van der Waals surface area contributed by atoms with Crippen molar-refractivity contribution in [2.24, 2.45) is 0 Å². The molecular weight excluding hydrogens is 238 g/mol. The van der Waals surface area contributed by atoms with Crippen molar-refractivity contribution in [1.29, 1.82) is 5.26 Å². The highest BCUT2D eigenvalue weighted by Crippen LogP contribution is 2.28. The van der Waals surface area contributed by atoms with E-state index < -0.39 is 0 Å². The standard InChI is InChI=1S/C15H19N3O/c16-9-12-1-3-13(4-2-12)17-10-15-11-18(7-8-19-15)14-5-6-14/h1-4,14-15,17H,5-8,10-11H2/t15-/m1/s1. The molecule has 0 amide bonds. The normalized spacial score (nSPS) is 23.8. The molecule has 1 heterocycles. The van der Waals surface area contributed by atoms with E-state index in [1.165, 1.54) is 12.8 Å². The average Bonchev–Trinajstić information content (AvgIpc) is 3.31. The first-order valence-corrected chi connectivity index (χ1v) is 6.95. The van der Waals surface area contributed by atoms with Crippen molar-refractivity contribution < 1.29 is 4.74 Å². The molecule has 4 nitrogen and oxygen atoms in total. The summed E-state index contributed by atoms with van der Waals surface area (Å²) in [6.45, 7) is 3.79. The quantitative estimate of drug-likeness (QED) is 0.894. The summed E-state index contributed by atoms with van der Waals surface area (Å²) in [5.74, 6) is 0. The Bertz CT molecular complexity index is 461. The van der Waals surface area contributed by atoms with Crippen LogP contribution in [0.25, 0.3) is 0 Å². The number of hydrogen-bond acceptors (Lipinski definition) is 4. The Morgan fingerprint density at radius 1 is 1.32 bits per heavy atom. The fourth-order valence-electron chi connectivity index (χ4n) is 2.53. The average molecular weight is 257 g/mol. The number of rotatable bonds is 4. The summed E-state index contributed by atoms with van der Waals surface area (Å²) in [5, 5.41) is 12.1. The molecule has 0 radical (unpaired) electrons. The number of nitrogens with zero attached hydrogens (tertiary/aromatic N) is 2. The zero-order valence-electron chi connectivity index (χ0n) is 11.0. The summed E-state index contributed by atoms with van der Waals surface area (Å²) in [5.41, 5.74) is 1.74. The Morgan fingerprint density at radius 3 is 2.79 bits per heavy atom. The van der Waals surface area contributed by atoms with E-state index in [0.29, 0.717) is 5.56 Å². The molecule has 0 unspecified atom stereocenters. The van der Waals surface area contributed by atoms with Crippen LogP contribution in [0, 0.1) is 11.3 Å². The number of nitriles is 1. The van der Waals surface area contributed by atoms with Crippen molar-refractivity contribution in [1.82, 2.24) is 4.90 Å². The molecule has 3 rings (SSSR count). The topological polar surface area (TPSA) is 48.3 Å². The predicted molar refractivity (Wildman–Crippen MR) is 74.0 cm³/mol. The molecule has 4 heteroatoms. The van der Waals surface area contributed by atoms with Gasteiger partial charge in [0.15, 0.2) is 0 Å². The minimum absolute atomic E-state index is 0.269. The zero-order chi connectivity index (χ0) is 13.1. The van der Waals surface area contributed by atoms with Gasteiger partial charge in [-0.2, -0.15) is 5.26 Å². The molecule has 1 saturated heterocycles. The molecule has 2 aliphatic rings. The van der Waals surface area contributed by atoms with E-state index in [2.05, 4.69) is 16.3 Å². The van der Waals surface area contributed by atoms with Crippen LogP contribution in [0.3, 0.4) is 0 Å². The lowest BCUT2D eigenvalue weighted by atomic mass is 10.2. The molecule has 1 N–H and O–H groups in total. The minimum atomic E-state index is 0.269. The van der Waals surface area contributed by atoms with Crippen LogP contribution in [-0.4, -0.2) is 43.3 Å². The van der Waals surface area contributed by atoms with Crippen LogP contribution in [0.5, 0.6) is 0 Å². The molecule has 1 aliphatic heterocycles. The van der Waals surface area contributed by atoms with Gasteiger partial charge in [0.1, 0.15) is 0 Å². The third-order valence-corrected chi connectivity index (χ3v) is 3.78. The van der Waals surface area contributed by atoms with E-state index in [9.17, 15) is 0 Å². The Morgan fingerprint density at radius 2 is 2.11 bits per heavy atom. The molecule has 0 bridgehead atoms. The summed E-state index contributed by atoms with van der Waals surface area (Å²) in [6, 6.07) is 10.5. The van der Waals surface area contributed by atoms with Crippen LogP contribution in [0.15, 0.2) is 24.3 Å². The predicted octanol–water partition coefficient (Wildman–Crippen LogP) is 1.83. The third kappa shape index (κ3) is 3.25. The van der Waals surface area contributed by atoms with Crippen molar-refractivity contribution in [3.05, 3.63) is 29.8 Å². The van der Waals surface area contributed by atoms with Gasteiger partial charge in [0.05, 0.1) is 24.3 Å². The lowest BCUT2D eigenvalue weighted by molar-refractivity contribution is -0.0241. The van der Waals surface area contributed by atoms with Gasteiger partial charge in [-0.3, -0.25) is 4.90 Å². The second-order valence-corrected chi connectivity index (χ2v) is 5.29. The maximum absolute atomic E-state index is 8.75. The fraction of sp³-hybridized carbons (Fsp3) is 0.533. The summed E-state index contributed by atoms with van der Waals surface area (Å²) < 4.78 is 5.80. The molecule has 19 heavy (non-hydrogen) atoms. The molecule has 1 atom stereocenters. The number of ether oxygens (including phenoxy) is 1. The van der Waals surface area contributed by atoms with Crippen LogP contribution in [0.2, 0.25) is 0 Å². The van der Waals surface area contributed by atoms with E-state index >= 15 is 0 Å². The van der Waals surface area contributed by atoms with Crippen LogP contribution in [0.1, 0.15) is 18.4 Å². The van der Waals surface area contributed by atoms with E-state index in [0.717, 1.165) is 38.0 Å². The van der Waals surface area contributed by atoms with Crippen LogP contribution >= 0.6 is 0 Å². The molecule has 0 aromatic heterocycles. The lowest BCUT2D eigenvalue weighted by Crippen LogP contribution is -2.46. The number of anilines is 1. The number of morpholine rings is 1. The van der Waals surface area contributed by atoms with Gasteiger partial charge in [0, 0.05) is 31.4 Å². The molecule has 2 fully saturated rings. The first-order chi connectivity index (χ1) is 9.35. The molecule has 1 aliphatic carbocycles. The van der Waals surface area contributed by atoms with E-state index in [4.69, 9.17) is 10.00 Å². The van der Waals surface area contributed by atoms with Gasteiger partial charge in [-0.05, 0) is 37.1 Å². The molecule has 1 saturated carbocycles. The summed E-state index contributed by atoms with van der Waals surface area (Å²) in [6.07, 6.45) is 2.98. The van der Waals surface area contributed by atoms with Crippen molar-refractivity contribution in [2.75, 3.05) is 31.6 Å². The molecule has 1 aromatic carbocycles. The Labute approximate surface area is 114 Å². The van der Waals surface area contributed by atoms with Crippen LogP contribution < -0.4 is 5.32 Å². The van der Waals surface area contributed by atoms with Gasteiger partial charge >= 0.3 is 0 Å². The Balaban J connectivity index is 1.49. The second-order valence-electron chi connectivity index (χ2n) is 5.29. The highest BCUT2D eigenvalue weighted by molar-refractivity contribution is 5.47. The SMILES string of the molecule is N#Cc1ccc(NC[C@@H]2CN(C3CC3)CCO2)cc1. The van der Waals surface area contributed by atoms with E-state index in [-0.39, 0.29) is 6.10 Å². The van der Waals surface area contributed by atoms with Crippen LogP contribution in [0.4, 0.5) is 5.69 Å². The smallest absolute Gasteiger partial charge is 0.0991 e. The van der Waals surface area contributed by atoms with Gasteiger partial charge < -0.3 is 10.1 Å². The first-order valence-electron chi connectivity index (χ1n) is 6.95. The second kappa shape index (κ2) is 5.60. The van der Waals surface area contributed by atoms with Gasteiger partial charge in [0.2, 0.25) is 0 Å². The largest absolute Gasteiger partial charge is 0.382 e. The van der Waals surface area contributed by atoms with Gasteiger partial charge in [-0.25, -0.2) is 0 Å². The molecule has 1 aromatic rings. The number of benzene rings is 1. The fourth-order valence-corrected chi connectivity index (χ4v) is 2.53. The zero-order valence-corrected chi connectivity index (χ0v) is 11.0. The highest BCUT2D eigenvalue weighted by atomic mass is 16.5. The molecular formula is C15H19N3O. The van der Waals surface area contributed by atoms with Crippen molar-refractivity contribution >= 4 is 5.69 Å². The van der Waals surface area contributed by atoms with Gasteiger partial charge in [0.25, 0.3) is 0 Å². The summed E-state index contributed by atoms with van der Waals surface area (Å²) in [7, 11) is 0. The maximum atomic E-state index is 8.75. The summed E-state index contributed by atoms with van der Waals surface area (Å²) >= 11 is 0. The third-order valence-electron chi connectivity index (χ3n) is 3.78. The minimum Gasteiger partial charge on any atom is -0.382 e. The Hall–Kier alpha value is -1.57. The first kappa shape index (κ1) is 12.5. The van der Waals surface area contributed by atoms with E-state index in [1.807, 2.05) is 24.3 Å². The van der Waals surface area contributed by atoms with E-state index in [1.54, 1.807) is 0 Å². The van der Waals surface area contributed by atoms with Crippen LogP contribution in [-0.2, 0) is 4.74 Å². The van der Waals surface area contributed by atoms with Crippen molar-refractivity contribution in [3.63, 3.8) is 0 Å². The molecule has 0 spiro atoms. The number of hydrogen-bond donors (Lipinski definition) is 1. The highest BCUT2D eigenvalue weighted by Gasteiger charge is 2.32. The number of nitrogens with one attached hydrogen (secondary N) is 1. The van der Waals surface area contributed by atoms with Crippen molar-refractivity contribution in [2.45, 2.75) is 25.0 Å². The lowest BCUT2D eigenvalue weighted by Gasteiger charge is -2.33. The van der Waals surface area contributed by atoms with Crippen molar-refractivity contribution in [3.8, 4) is 6.07 Å².